The summed E-state index contributed by atoms with van der Waals surface area (Å²) >= 11 is 1.25. The van der Waals surface area contributed by atoms with Crippen LogP contribution in [0.1, 0.15) is 33.4 Å². The maximum atomic E-state index is 13.8. The fourth-order valence-corrected chi connectivity index (χ4v) is 3.13. The molecule has 1 fully saturated rings. The van der Waals surface area contributed by atoms with E-state index in [1.54, 1.807) is 12.4 Å². The molecular formula is C14H14F2N4OS. The summed E-state index contributed by atoms with van der Waals surface area (Å²) in [5, 5.41) is 2.77. The molecule has 0 saturated carbocycles. The molecule has 116 valence electrons. The molecule has 0 bridgehead atoms. The molecule has 2 unspecified atom stereocenters. The van der Waals surface area contributed by atoms with Gasteiger partial charge in [-0.2, -0.15) is 0 Å². The number of rotatable bonds is 3. The second kappa shape index (κ2) is 6.07. The average molecular weight is 324 g/mol. The van der Waals surface area contributed by atoms with Gasteiger partial charge in [-0.3, -0.25) is 4.79 Å². The van der Waals surface area contributed by atoms with Crippen molar-refractivity contribution in [3.05, 3.63) is 51.5 Å². The molecule has 1 aliphatic rings. The third-order valence-corrected chi connectivity index (χ3v) is 4.44. The van der Waals surface area contributed by atoms with Gasteiger partial charge < -0.3 is 5.32 Å². The molecule has 0 radical (unpaired) electrons. The molecule has 0 aliphatic carbocycles. The van der Waals surface area contributed by atoms with E-state index in [4.69, 9.17) is 0 Å². The van der Waals surface area contributed by atoms with E-state index in [-0.39, 0.29) is 11.5 Å². The van der Waals surface area contributed by atoms with E-state index in [1.807, 2.05) is 0 Å². The van der Waals surface area contributed by atoms with Crippen LogP contribution in [-0.4, -0.2) is 17.1 Å². The van der Waals surface area contributed by atoms with Gasteiger partial charge in [-0.15, -0.1) is 11.3 Å². The summed E-state index contributed by atoms with van der Waals surface area (Å²) in [6, 6.07) is 3.20. The van der Waals surface area contributed by atoms with E-state index >= 15 is 0 Å². The SMILES string of the molecule is Cc1ncsc1C(=O)NC1CC(c2c(F)cccc2F)NN1. The quantitative estimate of drug-likeness (QED) is 0.808. The van der Waals surface area contributed by atoms with Crippen molar-refractivity contribution in [1.82, 2.24) is 21.2 Å². The predicted molar refractivity (Wildman–Crippen MR) is 78.1 cm³/mol. The first kappa shape index (κ1) is 15.0. The third-order valence-electron chi connectivity index (χ3n) is 3.51. The molecule has 1 aromatic carbocycles. The van der Waals surface area contributed by atoms with Gasteiger partial charge in [-0.25, -0.2) is 24.6 Å². The van der Waals surface area contributed by atoms with E-state index < -0.39 is 23.8 Å². The molecule has 2 aromatic rings. The summed E-state index contributed by atoms with van der Waals surface area (Å²) in [6.45, 7) is 1.75. The number of nitrogens with one attached hydrogen (secondary N) is 3. The smallest absolute Gasteiger partial charge is 0.264 e. The zero-order valence-electron chi connectivity index (χ0n) is 11.7. The molecular weight excluding hydrogens is 310 g/mol. The lowest BCUT2D eigenvalue weighted by atomic mass is 10.0. The number of amides is 1. The first-order valence-electron chi connectivity index (χ1n) is 6.72. The van der Waals surface area contributed by atoms with Crippen molar-refractivity contribution in [3.63, 3.8) is 0 Å². The van der Waals surface area contributed by atoms with Crippen molar-refractivity contribution >= 4 is 17.2 Å². The maximum Gasteiger partial charge on any atom is 0.264 e. The van der Waals surface area contributed by atoms with Gasteiger partial charge in [-0.05, 0) is 19.1 Å². The number of aryl methyl sites for hydroxylation is 1. The lowest BCUT2D eigenvalue weighted by molar-refractivity contribution is 0.0935. The predicted octanol–water partition coefficient (Wildman–Crippen LogP) is 2.02. The molecule has 1 saturated heterocycles. The molecule has 3 N–H and O–H groups in total. The van der Waals surface area contributed by atoms with Crippen LogP contribution in [0.15, 0.2) is 23.7 Å². The van der Waals surface area contributed by atoms with Crippen molar-refractivity contribution in [2.45, 2.75) is 25.6 Å². The van der Waals surface area contributed by atoms with Crippen molar-refractivity contribution in [3.8, 4) is 0 Å². The number of benzene rings is 1. The highest BCUT2D eigenvalue weighted by molar-refractivity contribution is 7.11. The fourth-order valence-electron chi connectivity index (χ4n) is 2.43. The van der Waals surface area contributed by atoms with Crippen LogP contribution in [0, 0.1) is 18.6 Å². The van der Waals surface area contributed by atoms with Crippen LogP contribution in [0.3, 0.4) is 0 Å². The van der Waals surface area contributed by atoms with E-state index in [9.17, 15) is 13.6 Å². The van der Waals surface area contributed by atoms with Crippen LogP contribution in [0.5, 0.6) is 0 Å². The number of nitrogens with zero attached hydrogens (tertiary/aromatic N) is 1. The molecule has 1 amide bonds. The normalized spacial score (nSPS) is 21.0. The summed E-state index contributed by atoms with van der Waals surface area (Å²) in [7, 11) is 0. The molecule has 1 aromatic heterocycles. The zero-order chi connectivity index (χ0) is 15.7. The maximum absolute atomic E-state index is 13.8. The molecule has 22 heavy (non-hydrogen) atoms. The largest absolute Gasteiger partial charge is 0.335 e. The van der Waals surface area contributed by atoms with Crippen LogP contribution in [-0.2, 0) is 0 Å². The number of halogens is 2. The molecule has 1 aliphatic heterocycles. The number of aromatic nitrogens is 1. The molecule has 2 atom stereocenters. The van der Waals surface area contributed by atoms with Crippen molar-refractivity contribution in [2.24, 2.45) is 0 Å². The highest BCUT2D eigenvalue weighted by Gasteiger charge is 2.30. The van der Waals surface area contributed by atoms with E-state index in [2.05, 4.69) is 21.2 Å². The summed E-state index contributed by atoms with van der Waals surface area (Å²) < 4.78 is 27.5. The minimum absolute atomic E-state index is 0.0271. The highest BCUT2D eigenvalue weighted by atomic mass is 32.1. The number of hydrazine groups is 1. The Morgan fingerprint density at radius 3 is 2.73 bits per heavy atom. The summed E-state index contributed by atoms with van der Waals surface area (Å²) in [5.74, 6) is -1.47. The summed E-state index contributed by atoms with van der Waals surface area (Å²) in [4.78, 5) is 16.7. The Labute approximate surface area is 129 Å². The van der Waals surface area contributed by atoms with Gasteiger partial charge >= 0.3 is 0 Å². The molecule has 8 heteroatoms. The van der Waals surface area contributed by atoms with Gasteiger partial charge in [0.15, 0.2) is 0 Å². The van der Waals surface area contributed by atoms with Crippen molar-refractivity contribution in [2.75, 3.05) is 0 Å². The van der Waals surface area contributed by atoms with E-state index in [0.29, 0.717) is 17.0 Å². The Morgan fingerprint density at radius 1 is 1.36 bits per heavy atom. The number of carbonyl (C=O) groups is 1. The Balaban J connectivity index is 1.68. The average Bonchev–Trinajstić information content (AvgIpc) is 3.08. The van der Waals surface area contributed by atoms with Crippen LogP contribution in [0.4, 0.5) is 8.78 Å². The standard InChI is InChI=1S/C14H14F2N4OS/c1-7-13(22-6-17-7)14(21)18-11-5-10(19-20-11)12-8(15)3-2-4-9(12)16/h2-4,6,10-11,19-20H,5H2,1H3,(H,18,21). The second-order valence-electron chi connectivity index (χ2n) is 5.01. The third kappa shape index (κ3) is 2.85. The number of carbonyl (C=O) groups excluding carboxylic acids is 1. The van der Waals surface area contributed by atoms with Crippen LogP contribution in [0.25, 0.3) is 0 Å². The molecule has 2 heterocycles. The van der Waals surface area contributed by atoms with Crippen LogP contribution < -0.4 is 16.2 Å². The lowest BCUT2D eigenvalue weighted by Gasteiger charge is -2.12. The van der Waals surface area contributed by atoms with Crippen LogP contribution in [0.2, 0.25) is 0 Å². The molecule has 0 spiro atoms. The van der Waals surface area contributed by atoms with Crippen molar-refractivity contribution < 1.29 is 13.6 Å². The van der Waals surface area contributed by atoms with Crippen molar-refractivity contribution in [1.29, 1.82) is 0 Å². The Kier molecular flexibility index (Phi) is 4.14. The number of hydrogen-bond acceptors (Lipinski definition) is 5. The minimum atomic E-state index is -0.607. The second-order valence-corrected chi connectivity index (χ2v) is 5.86. The molecule has 3 rings (SSSR count). The zero-order valence-corrected chi connectivity index (χ0v) is 12.5. The number of hydrogen-bond donors (Lipinski definition) is 3. The topological polar surface area (TPSA) is 66.0 Å². The van der Waals surface area contributed by atoms with Gasteiger partial charge in [0.1, 0.15) is 16.5 Å². The minimum Gasteiger partial charge on any atom is -0.335 e. The van der Waals surface area contributed by atoms with Gasteiger partial charge in [-0.1, -0.05) is 6.07 Å². The first-order valence-corrected chi connectivity index (χ1v) is 7.60. The van der Waals surface area contributed by atoms with Gasteiger partial charge in [0.2, 0.25) is 0 Å². The first-order chi connectivity index (χ1) is 10.6. The summed E-state index contributed by atoms with van der Waals surface area (Å²) in [5.41, 5.74) is 7.88. The van der Waals surface area contributed by atoms with Gasteiger partial charge in [0, 0.05) is 12.0 Å². The van der Waals surface area contributed by atoms with Gasteiger partial charge in [0.05, 0.1) is 23.4 Å². The Morgan fingerprint density at radius 2 is 2.09 bits per heavy atom. The fraction of sp³-hybridized carbons (Fsp3) is 0.286. The van der Waals surface area contributed by atoms with E-state index in [1.165, 1.54) is 29.5 Å². The van der Waals surface area contributed by atoms with Gasteiger partial charge in [0.25, 0.3) is 5.91 Å². The number of thiazole rings is 1. The Hall–Kier alpha value is -1.90. The summed E-state index contributed by atoms with van der Waals surface area (Å²) in [6.07, 6.45) is -0.0837. The highest BCUT2D eigenvalue weighted by Crippen LogP contribution is 2.26. The Bertz CT molecular complexity index is 686. The van der Waals surface area contributed by atoms with Crippen LogP contribution >= 0.6 is 11.3 Å². The van der Waals surface area contributed by atoms with E-state index in [0.717, 1.165) is 0 Å². The molecule has 5 nitrogen and oxygen atoms in total. The lowest BCUT2D eigenvalue weighted by Crippen LogP contribution is -2.44. The monoisotopic (exact) mass is 324 g/mol.